The lowest BCUT2D eigenvalue weighted by Crippen LogP contribution is -2.48. The van der Waals surface area contributed by atoms with Gasteiger partial charge in [0, 0.05) is 19.1 Å². The highest BCUT2D eigenvalue weighted by Gasteiger charge is 2.30. The molecule has 0 spiro atoms. The molecular weight excluding hydrogens is 298 g/mol. The third-order valence-corrected chi connectivity index (χ3v) is 5.94. The summed E-state index contributed by atoms with van der Waals surface area (Å²) in [5, 5.41) is 3.35. The van der Waals surface area contributed by atoms with Crippen LogP contribution >= 0.6 is 12.4 Å². The minimum atomic E-state index is -3.25. The van der Waals surface area contributed by atoms with Gasteiger partial charge in [0.1, 0.15) is 0 Å². The summed E-state index contributed by atoms with van der Waals surface area (Å²) in [4.78, 5) is 0. The van der Waals surface area contributed by atoms with Crippen molar-refractivity contribution in [2.45, 2.75) is 51.5 Å². The Morgan fingerprint density at radius 3 is 2.25 bits per heavy atom. The highest BCUT2D eigenvalue weighted by Crippen LogP contribution is 2.22. The van der Waals surface area contributed by atoms with Crippen LogP contribution in [0.2, 0.25) is 0 Å². The highest BCUT2D eigenvalue weighted by atomic mass is 35.5. The Labute approximate surface area is 129 Å². The van der Waals surface area contributed by atoms with Crippen molar-refractivity contribution >= 4 is 22.6 Å². The largest absolute Gasteiger partial charge is 0.317 e. The summed E-state index contributed by atoms with van der Waals surface area (Å²) in [5.41, 5.74) is 0. The predicted octanol–water partition coefficient (Wildman–Crippen LogP) is 1.51. The number of nitrogens with zero attached hydrogens (tertiary/aromatic N) is 1. The summed E-state index contributed by atoms with van der Waals surface area (Å²) in [7, 11) is -3.25. The molecule has 7 heteroatoms. The smallest absolute Gasteiger partial charge is 0.279 e. The van der Waals surface area contributed by atoms with Crippen molar-refractivity contribution in [3.05, 3.63) is 0 Å². The Kier molecular flexibility index (Phi) is 7.75. The Morgan fingerprint density at radius 1 is 1.10 bits per heavy atom. The standard InChI is InChI=1S/C13H27N3O2S.ClH/c1-2-14-11-12-7-9-16(10-8-12)19(17,18)15-13-5-3-4-6-13;/h12-15H,2-11H2,1H3;1H. The second-order valence-electron chi connectivity index (χ2n) is 5.75. The van der Waals surface area contributed by atoms with E-state index in [0.29, 0.717) is 19.0 Å². The molecule has 1 saturated heterocycles. The second kappa shape index (κ2) is 8.54. The zero-order valence-electron chi connectivity index (χ0n) is 12.3. The quantitative estimate of drug-likeness (QED) is 0.778. The van der Waals surface area contributed by atoms with Gasteiger partial charge in [-0.3, -0.25) is 0 Å². The van der Waals surface area contributed by atoms with Gasteiger partial charge in [-0.1, -0.05) is 19.8 Å². The van der Waals surface area contributed by atoms with E-state index in [2.05, 4.69) is 17.0 Å². The van der Waals surface area contributed by atoms with Crippen LogP contribution in [0.4, 0.5) is 0 Å². The highest BCUT2D eigenvalue weighted by molar-refractivity contribution is 7.87. The van der Waals surface area contributed by atoms with E-state index < -0.39 is 10.2 Å². The zero-order valence-corrected chi connectivity index (χ0v) is 13.9. The van der Waals surface area contributed by atoms with Crippen molar-refractivity contribution in [2.75, 3.05) is 26.2 Å². The molecule has 2 N–H and O–H groups in total. The van der Waals surface area contributed by atoms with E-state index >= 15 is 0 Å². The summed E-state index contributed by atoms with van der Waals surface area (Å²) in [6.45, 7) is 5.43. The number of hydrogen-bond donors (Lipinski definition) is 2. The lowest BCUT2D eigenvalue weighted by Gasteiger charge is -2.32. The van der Waals surface area contributed by atoms with Gasteiger partial charge in [0.15, 0.2) is 0 Å². The molecule has 0 aromatic rings. The van der Waals surface area contributed by atoms with E-state index in [1.165, 1.54) is 0 Å². The number of piperidine rings is 1. The third kappa shape index (κ3) is 5.15. The van der Waals surface area contributed by atoms with Crippen LogP contribution in [0.15, 0.2) is 0 Å². The normalized spacial score (nSPS) is 22.9. The van der Waals surface area contributed by atoms with Gasteiger partial charge in [0.2, 0.25) is 0 Å². The van der Waals surface area contributed by atoms with Gasteiger partial charge in [-0.2, -0.15) is 17.4 Å². The van der Waals surface area contributed by atoms with E-state index in [1.54, 1.807) is 4.31 Å². The number of rotatable bonds is 6. The lowest BCUT2D eigenvalue weighted by molar-refractivity contribution is 0.265. The van der Waals surface area contributed by atoms with E-state index in [0.717, 1.165) is 51.6 Å². The van der Waals surface area contributed by atoms with E-state index in [4.69, 9.17) is 0 Å². The summed E-state index contributed by atoms with van der Waals surface area (Å²) in [5.74, 6) is 0.623. The van der Waals surface area contributed by atoms with Gasteiger partial charge < -0.3 is 5.32 Å². The lowest BCUT2D eigenvalue weighted by atomic mass is 9.98. The van der Waals surface area contributed by atoms with Crippen molar-refractivity contribution in [3.8, 4) is 0 Å². The van der Waals surface area contributed by atoms with Crippen LogP contribution in [0, 0.1) is 5.92 Å². The van der Waals surface area contributed by atoms with Crippen LogP contribution in [-0.4, -0.2) is 44.9 Å². The Morgan fingerprint density at radius 2 is 1.70 bits per heavy atom. The summed E-state index contributed by atoms with van der Waals surface area (Å²) in [6.07, 6.45) is 6.24. The number of halogens is 1. The molecule has 0 radical (unpaired) electrons. The average Bonchev–Trinajstić information content (AvgIpc) is 2.89. The van der Waals surface area contributed by atoms with Gasteiger partial charge in [-0.15, -0.1) is 12.4 Å². The zero-order chi connectivity index (χ0) is 13.7. The van der Waals surface area contributed by atoms with E-state index in [9.17, 15) is 8.42 Å². The number of hydrogen-bond acceptors (Lipinski definition) is 3. The van der Waals surface area contributed by atoms with Crippen molar-refractivity contribution in [3.63, 3.8) is 0 Å². The van der Waals surface area contributed by atoms with Gasteiger partial charge in [-0.05, 0) is 44.7 Å². The molecule has 0 aromatic carbocycles. The Hall–Kier alpha value is 0.120. The molecule has 120 valence electrons. The van der Waals surface area contributed by atoms with Crippen molar-refractivity contribution < 1.29 is 8.42 Å². The monoisotopic (exact) mass is 325 g/mol. The van der Waals surface area contributed by atoms with Gasteiger partial charge in [0.25, 0.3) is 10.2 Å². The summed E-state index contributed by atoms with van der Waals surface area (Å²) < 4.78 is 29.0. The molecule has 0 bridgehead atoms. The molecule has 0 amide bonds. The minimum Gasteiger partial charge on any atom is -0.317 e. The minimum absolute atomic E-state index is 0. The molecular formula is C13H28ClN3O2S. The molecule has 1 aliphatic heterocycles. The number of nitrogens with one attached hydrogen (secondary N) is 2. The molecule has 2 rings (SSSR count). The molecule has 5 nitrogen and oxygen atoms in total. The fraction of sp³-hybridized carbons (Fsp3) is 1.00. The van der Waals surface area contributed by atoms with Gasteiger partial charge in [-0.25, -0.2) is 0 Å². The summed E-state index contributed by atoms with van der Waals surface area (Å²) >= 11 is 0. The average molecular weight is 326 g/mol. The van der Waals surface area contributed by atoms with Gasteiger partial charge in [0.05, 0.1) is 0 Å². The topological polar surface area (TPSA) is 61.4 Å². The van der Waals surface area contributed by atoms with Crippen LogP contribution in [0.25, 0.3) is 0 Å². The van der Waals surface area contributed by atoms with Crippen molar-refractivity contribution in [1.82, 2.24) is 14.3 Å². The third-order valence-electron chi connectivity index (χ3n) is 4.27. The molecule has 20 heavy (non-hydrogen) atoms. The van der Waals surface area contributed by atoms with Crippen molar-refractivity contribution in [2.24, 2.45) is 5.92 Å². The molecule has 0 atom stereocenters. The molecule has 0 unspecified atom stereocenters. The van der Waals surface area contributed by atoms with Crippen molar-refractivity contribution in [1.29, 1.82) is 0 Å². The molecule has 1 heterocycles. The van der Waals surface area contributed by atoms with Crippen LogP contribution in [0.1, 0.15) is 45.4 Å². The molecule has 1 saturated carbocycles. The maximum atomic E-state index is 12.3. The Balaban J connectivity index is 0.00000200. The molecule has 2 aliphatic rings. The first-order chi connectivity index (χ1) is 9.12. The maximum absolute atomic E-state index is 12.3. The van der Waals surface area contributed by atoms with Crippen LogP contribution < -0.4 is 10.0 Å². The van der Waals surface area contributed by atoms with E-state index in [1.807, 2.05) is 0 Å². The molecule has 0 aromatic heterocycles. The first kappa shape index (κ1) is 18.2. The van der Waals surface area contributed by atoms with Gasteiger partial charge >= 0.3 is 0 Å². The fourth-order valence-corrected chi connectivity index (χ4v) is 4.53. The predicted molar refractivity (Wildman–Crippen MR) is 84.4 cm³/mol. The first-order valence-electron chi connectivity index (χ1n) is 7.60. The first-order valence-corrected chi connectivity index (χ1v) is 9.04. The summed E-state index contributed by atoms with van der Waals surface area (Å²) in [6, 6.07) is 0.171. The van der Waals surface area contributed by atoms with Crippen LogP contribution in [0.3, 0.4) is 0 Å². The maximum Gasteiger partial charge on any atom is 0.279 e. The van der Waals surface area contributed by atoms with E-state index in [-0.39, 0.29) is 18.4 Å². The van der Waals surface area contributed by atoms with Crippen LogP contribution in [-0.2, 0) is 10.2 Å². The molecule has 1 aliphatic carbocycles. The fourth-order valence-electron chi connectivity index (χ4n) is 3.03. The van der Waals surface area contributed by atoms with Crippen LogP contribution in [0.5, 0.6) is 0 Å². The Bertz CT molecular complexity index is 364. The second-order valence-corrected chi connectivity index (χ2v) is 7.46. The molecule has 2 fully saturated rings. The SMILES string of the molecule is CCNCC1CCN(S(=O)(=O)NC2CCCC2)CC1.Cl.